The van der Waals surface area contributed by atoms with Crippen molar-refractivity contribution < 1.29 is 38.4 Å². The number of pyridine rings is 1. The molecule has 3 aliphatic rings. The molecule has 1 aliphatic heterocycles. The van der Waals surface area contributed by atoms with Gasteiger partial charge in [-0.3, -0.25) is 14.6 Å². The third-order valence-corrected chi connectivity index (χ3v) is 9.48. The van der Waals surface area contributed by atoms with Gasteiger partial charge in [-0.25, -0.2) is 4.79 Å². The summed E-state index contributed by atoms with van der Waals surface area (Å²) in [5.74, 6) is -1.63. The summed E-state index contributed by atoms with van der Waals surface area (Å²) in [5.41, 5.74) is -2.96. The van der Waals surface area contributed by atoms with Crippen molar-refractivity contribution >= 4 is 11.9 Å². The Morgan fingerprint density at radius 3 is 2.46 bits per heavy atom. The summed E-state index contributed by atoms with van der Waals surface area (Å²) in [7, 11) is 0. The molecule has 5 rings (SSSR count). The van der Waals surface area contributed by atoms with Crippen LogP contribution < -0.4 is 10.4 Å². The molecule has 0 radical (unpaired) electrons. The fourth-order valence-corrected chi connectivity index (χ4v) is 7.80. The lowest BCUT2D eigenvalue weighted by Crippen LogP contribution is -2.71. The lowest BCUT2D eigenvalue weighted by Gasteiger charge is -2.66. The van der Waals surface area contributed by atoms with Gasteiger partial charge in [0.2, 0.25) is 0 Å². The fourth-order valence-electron chi connectivity index (χ4n) is 7.80. The zero-order valence-corrected chi connectivity index (χ0v) is 22.8. The number of esters is 2. The molecular weight excluding hydrogens is 506 g/mol. The van der Waals surface area contributed by atoms with Crippen LogP contribution in [0.5, 0.6) is 5.75 Å². The molecule has 0 spiro atoms. The summed E-state index contributed by atoms with van der Waals surface area (Å²) < 4.78 is 23.7. The molecule has 2 aromatic rings. The fraction of sp³-hybridized carbons (Fsp3) is 0.586. The summed E-state index contributed by atoms with van der Waals surface area (Å²) in [6, 6.07) is 5.02. The second-order valence-corrected chi connectivity index (χ2v) is 11.8. The molecule has 10 heteroatoms. The van der Waals surface area contributed by atoms with E-state index in [4.69, 9.17) is 18.6 Å². The number of hydrogen-bond donors (Lipinski definition) is 2. The summed E-state index contributed by atoms with van der Waals surface area (Å²) in [5, 5.41) is 22.6. The van der Waals surface area contributed by atoms with E-state index in [0.29, 0.717) is 24.8 Å². The van der Waals surface area contributed by atoms with Gasteiger partial charge in [0.25, 0.3) is 0 Å². The Bertz CT molecular complexity index is 1340. The van der Waals surface area contributed by atoms with Crippen LogP contribution in [-0.4, -0.2) is 51.6 Å². The number of carbonyl (C=O) groups excluding carboxylic acids is 2. The molecule has 0 aromatic carbocycles. The van der Waals surface area contributed by atoms with Crippen molar-refractivity contribution in [2.75, 3.05) is 6.61 Å². The van der Waals surface area contributed by atoms with Crippen molar-refractivity contribution in [3.05, 3.63) is 46.6 Å². The van der Waals surface area contributed by atoms with Crippen molar-refractivity contribution in [1.29, 1.82) is 0 Å². The van der Waals surface area contributed by atoms with E-state index in [0.717, 1.165) is 0 Å². The maximum absolute atomic E-state index is 13.3. The Hall–Kier alpha value is -3.24. The molecule has 2 aromatic heterocycles. The van der Waals surface area contributed by atoms with Crippen LogP contribution >= 0.6 is 0 Å². The third-order valence-electron chi connectivity index (χ3n) is 9.48. The van der Waals surface area contributed by atoms with E-state index in [9.17, 15) is 24.6 Å². The van der Waals surface area contributed by atoms with Crippen LogP contribution in [0.3, 0.4) is 0 Å². The summed E-state index contributed by atoms with van der Waals surface area (Å²) >= 11 is 0. The first-order valence-electron chi connectivity index (χ1n) is 13.3. The van der Waals surface area contributed by atoms with Gasteiger partial charge in [0.05, 0.1) is 12.7 Å². The minimum absolute atomic E-state index is 0.00127. The van der Waals surface area contributed by atoms with E-state index >= 15 is 0 Å². The van der Waals surface area contributed by atoms with Crippen LogP contribution in [0.2, 0.25) is 0 Å². The topological polar surface area (TPSA) is 145 Å². The predicted octanol–water partition coefficient (Wildman–Crippen LogP) is 3.18. The van der Waals surface area contributed by atoms with E-state index in [-0.39, 0.29) is 29.6 Å². The average Bonchev–Trinajstić information content (AvgIpc) is 2.86. The first-order valence-corrected chi connectivity index (χ1v) is 13.3. The van der Waals surface area contributed by atoms with E-state index < -0.39 is 58.2 Å². The van der Waals surface area contributed by atoms with Gasteiger partial charge in [0.1, 0.15) is 34.9 Å². The molecule has 0 unspecified atom stereocenters. The second kappa shape index (κ2) is 9.45. The van der Waals surface area contributed by atoms with Crippen molar-refractivity contribution in [2.45, 2.75) is 77.8 Å². The van der Waals surface area contributed by atoms with E-state index in [1.165, 1.54) is 13.8 Å². The van der Waals surface area contributed by atoms with Gasteiger partial charge >= 0.3 is 17.6 Å². The maximum atomic E-state index is 13.3. The SMILES string of the molecule is CC(=O)O[C@H]1CC[C@@]2(C)[C@@H](C[C@H](OC(C)=O)[C@@]3(C)Oc4cc(-c5cccnc5)oc(=O)c4[C@H](O)[C@H]23)[C@]1(C)CO. The first kappa shape index (κ1) is 27.3. The van der Waals surface area contributed by atoms with E-state index in [1.54, 1.807) is 37.5 Å². The second-order valence-electron chi connectivity index (χ2n) is 11.8. The molecular formula is C29H35NO9. The van der Waals surface area contributed by atoms with Crippen molar-refractivity contribution in [3.63, 3.8) is 0 Å². The molecule has 210 valence electrons. The Labute approximate surface area is 226 Å². The minimum atomic E-state index is -1.31. The zero-order valence-electron chi connectivity index (χ0n) is 22.8. The Morgan fingerprint density at radius 2 is 1.85 bits per heavy atom. The van der Waals surface area contributed by atoms with Gasteiger partial charge in [-0.05, 0) is 49.7 Å². The van der Waals surface area contributed by atoms with Gasteiger partial charge in [-0.15, -0.1) is 0 Å². The highest BCUT2D eigenvalue weighted by atomic mass is 16.6. The molecule has 2 saturated carbocycles. The van der Waals surface area contributed by atoms with Crippen LogP contribution in [0, 0.1) is 22.7 Å². The van der Waals surface area contributed by atoms with Gasteiger partial charge in [-0.1, -0.05) is 13.8 Å². The zero-order chi connectivity index (χ0) is 28.3. The summed E-state index contributed by atoms with van der Waals surface area (Å²) in [6.45, 7) is 8.01. The molecule has 10 nitrogen and oxygen atoms in total. The van der Waals surface area contributed by atoms with Crippen molar-refractivity contribution in [3.8, 4) is 17.1 Å². The highest BCUT2D eigenvalue weighted by Gasteiger charge is 2.70. The van der Waals surface area contributed by atoms with E-state index in [2.05, 4.69) is 4.98 Å². The highest BCUT2D eigenvalue weighted by molar-refractivity contribution is 5.67. The van der Waals surface area contributed by atoms with Crippen molar-refractivity contribution in [2.24, 2.45) is 22.7 Å². The van der Waals surface area contributed by atoms with Gasteiger partial charge in [0, 0.05) is 49.2 Å². The van der Waals surface area contributed by atoms with Crippen LogP contribution in [0.15, 0.2) is 39.8 Å². The number of nitrogens with zero attached hydrogens (tertiary/aromatic N) is 1. The number of ether oxygens (including phenoxy) is 3. The Kier molecular flexibility index (Phi) is 6.62. The smallest absolute Gasteiger partial charge is 0.345 e. The molecule has 2 fully saturated rings. The number of fused-ring (bicyclic) bond motifs is 4. The molecule has 2 aliphatic carbocycles. The van der Waals surface area contributed by atoms with Gasteiger partial charge in [0.15, 0.2) is 0 Å². The molecule has 0 amide bonds. The Morgan fingerprint density at radius 1 is 1.15 bits per heavy atom. The lowest BCUT2D eigenvalue weighted by molar-refractivity contribution is -0.270. The van der Waals surface area contributed by atoms with Crippen LogP contribution in [0.25, 0.3) is 11.3 Å². The quantitative estimate of drug-likeness (QED) is 0.554. The van der Waals surface area contributed by atoms with Crippen LogP contribution in [-0.2, 0) is 19.1 Å². The maximum Gasteiger partial charge on any atom is 0.345 e. The number of carbonyl (C=O) groups is 2. The number of hydrogen-bond acceptors (Lipinski definition) is 10. The number of rotatable bonds is 4. The standard InChI is InChI=1S/C29H35NO9/c1-15(32)36-21-8-9-27(3)20(28(21,4)14-31)12-22(37-16(2)33)29(5)25(27)24(34)23-19(39-29)11-18(38-26(23)35)17-7-6-10-30-13-17/h6-7,10-11,13,20-22,24-25,31,34H,8-9,12,14H2,1-5H3/t20-,21+,22+,24+,25-,27+,28+,29-/m1/s1. The molecule has 0 saturated heterocycles. The predicted molar refractivity (Wildman–Crippen MR) is 137 cm³/mol. The lowest BCUT2D eigenvalue weighted by atomic mass is 9.42. The highest BCUT2D eigenvalue weighted by Crippen LogP contribution is 2.67. The molecule has 39 heavy (non-hydrogen) atoms. The largest absolute Gasteiger partial charge is 0.482 e. The minimum Gasteiger partial charge on any atom is -0.482 e. The van der Waals surface area contributed by atoms with Crippen molar-refractivity contribution in [1.82, 2.24) is 4.98 Å². The van der Waals surface area contributed by atoms with Crippen LogP contribution in [0.1, 0.15) is 65.5 Å². The summed E-state index contributed by atoms with van der Waals surface area (Å²) in [6.07, 6.45) is 1.73. The monoisotopic (exact) mass is 541 g/mol. The number of aliphatic hydroxyl groups is 2. The molecule has 3 heterocycles. The Balaban J connectivity index is 1.66. The normalized spacial score (nSPS) is 36.9. The first-order chi connectivity index (χ1) is 18.3. The number of aromatic nitrogens is 1. The van der Waals surface area contributed by atoms with E-state index in [1.807, 2.05) is 13.8 Å². The molecule has 8 atom stereocenters. The molecule has 0 bridgehead atoms. The molecule has 2 N–H and O–H groups in total. The summed E-state index contributed by atoms with van der Waals surface area (Å²) in [4.78, 5) is 41.6. The van der Waals surface area contributed by atoms with Gasteiger partial charge < -0.3 is 28.8 Å². The van der Waals surface area contributed by atoms with Crippen LogP contribution in [0.4, 0.5) is 0 Å². The third kappa shape index (κ3) is 4.15. The average molecular weight is 542 g/mol. The van der Waals surface area contributed by atoms with Gasteiger partial charge in [-0.2, -0.15) is 0 Å². The number of aliphatic hydroxyl groups excluding tert-OH is 2.